The molecule has 2 aromatic carbocycles. The molecule has 0 aliphatic carbocycles. The van der Waals surface area contributed by atoms with Gasteiger partial charge in [0.1, 0.15) is 0 Å². The molecule has 1 N–H and O–H groups in total. The summed E-state index contributed by atoms with van der Waals surface area (Å²) in [5.74, 6) is 0.255. The summed E-state index contributed by atoms with van der Waals surface area (Å²) < 4.78 is 25.5. The van der Waals surface area contributed by atoms with Gasteiger partial charge >= 0.3 is 0 Å². The maximum absolute atomic E-state index is 12.4. The van der Waals surface area contributed by atoms with Crippen molar-refractivity contribution in [2.75, 3.05) is 19.4 Å². The molecule has 0 heterocycles. The Hall–Kier alpha value is -1.25. The van der Waals surface area contributed by atoms with Crippen LogP contribution in [0.3, 0.4) is 0 Å². The number of halogens is 2. The highest BCUT2D eigenvalue weighted by Crippen LogP contribution is 2.30. The second-order valence-electron chi connectivity index (χ2n) is 5.96. The molecule has 0 bridgehead atoms. The van der Waals surface area contributed by atoms with Gasteiger partial charge in [-0.3, -0.25) is 4.79 Å². The molecule has 0 radical (unpaired) electrons. The Morgan fingerprint density at radius 3 is 2.33 bits per heavy atom. The van der Waals surface area contributed by atoms with Gasteiger partial charge in [-0.1, -0.05) is 35.3 Å². The van der Waals surface area contributed by atoms with E-state index in [2.05, 4.69) is 5.32 Å². The predicted molar refractivity (Wildman–Crippen MR) is 113 cm³/mol. The van der Waals surface area contributed by atoms with Crippen LogP contribution in [0.5, 0.6) is 0 Å². The highest BCUT2D eigenvalue weighted by atomic mass is 35.5. The van der Waals surface area contributed by atoms with Gasteiger partial charge in [0.05, 0.1) is 10.1 Å². The normalized spacial score (nSPS) is 12.8. The molecule has 1 amide bonds. The van der Waals surface area contributed by atoms with Crippen molar-refractivity contribution >= 4 is 56.6 Å². The van der Waals surface area contributed by atoms with E-state index in [1.807, 2.05) is 0 Å². The van der Waals surface area contributed by atoms with Crippen LogP contribution in [-0.2, 0) is 20.6 Å². The Balaban J connectivity index is 2.05. The Labute approximate surface area is 174 Å². The average molecular weight is 447 g/mol. The van der Waals surface area contributed by atoms with Crippen LogP contribution >= 0.6 is 35.0 Å². The summed E-state index contributed by atoms with van der Waals surface area (Å²) in [4.78, 5) is 12.6. The second kappa shape index (κ2) is 9.30. The lowest BCUT2D eigenvalue weighted by Crippen LogP contribution is -2.24. The first-order valence-electron chi connectivity index (χ1n) is 8.01. The molecular formula is C18H20Cl2N2O3S2. The number of amides is 1. The summed E-state index contributed by atoms with van der Waals surface area (Å²) in [5, 5.41) is 3.49. The molecule has 0 saturated heterocycles. The van der Waals surface area contributed by atoms with Crippen LogP contribution in [-0.4, -0.2) is 38.0 Å². The van der Waals surface area contributed by atoms with E-state index in [4.69, 9.17) is 23.2 Å². The van der Waals surface area contributed by atoms with Crippen LogP contribution in [0.2, 0.25) is 10.0 Å². The Bertz CT molecular complexity index is 914. The molecule has 0 aromatic heterocycles. The molecule has 1 atom stereocenters. The average Bonchev–Trinajstić information content (AvgIpc) is 2.61. The van der Waals surface area contributed by atoms with Crippen molar-refractivity contribution < 1.29 is 13.2 Å². The second-order valence-corrected chi connectivity index (χ2v) is 10.3. The van der Waals surface area contributed by atoms with Crippen LogP contribution < -0.4 is 5.32 Å². The van der Waals surface area contributed by atoms with Crippen molar-refractivity contribution in [3.05, 3.63) is 58.1 Å². The molecule has 2 rings (SSSR count). The molecule has 146 valence electrons. The first kappa shape index (κ1) is 22.0. The summed E-state index contributed by atoms with van der Waals surface area (Å²) in [6.45, 7) is 1.77. The third-order valence-electron chi connectivity index (χ3n) is 3.79. The number of hydrogen-bond acceptors (Lipinski definition) is 4. The van der Waals surface area contributed by atoms with E-state index >= 15 is 0 Å². The highest BCUT2D eigenvalue weighted by molar-refractivity contribution is 7.99. The van der Waals surface area contributed by atoms with Crippen molar-refractivity contribution in [2.45, 2.75) is 22.8 Å². The quantitative estimate of drug-likeness (QED) is 0.679. The Kier molecular flexibility index (Phi) is 7.59. The number of benzene rings is 2. The molecule has 27 heavy (non-hydrogen) atoms. The number of nitrogens with one attached hydrogen (secondary N) is 1. The molecule has 0 fully saturated rings. The Morgan fingerprint density at radius 2 is 1.74 bits per heavy atom. The van der Waals surface area contributed by atoms with Crippen molar-refractivity contribution in [1.82, 2.24) is 4.31 Å². The van der Waals surface area contributed by atoms with Gasteiger partial charge in [0.2, 0.25) is 15.9 Å². The van der Waals surface area contributed by atoms with Crippen molar-refractivity contribution in [3.63, 3.8) is 0 Å². The van der Waals surface area contributed by atoms with E-state index < -0.39 is 10.0 Å². The number of nitrogens with zero attached hydrogens (tertiary/aromatic N) is 1. The lowest BCUT2D eigenvalue weighted by molar-refractivity contribution is -0.115. The van der Waals surface area contributed by atoms with Crippen molar-refractivity contribution in [2.24, 2.45) is 0 Å². The minimum atomic E-state index is -3.56. The summed E-state index contributed by atoms with van der Waals surface area (Å²) >= 11 is 13.7. The zero-order valence-corrected chi connectivity index (χ0v) is 18.2. The zero-order valence-electron chi connectivity index (χ0n) is 15.1. The van der Waals surface area contributed by atoms with Crippen molar-refractivity contribution in [3.8, 4) is 0 Å². The minimum Gasteiger partial charge on any atom is -0.325 e. The van der Waals surface area contributed by atoms with Gasteiger partial charge in [-0.2, -0.15) is 0 Å². The predicted octanol–water partition coefficient (Wildman–Crippen LogP) is 4.50. The maximum Gasteiger partial charge on any atom is 0.242 e. The topological polar surface area (TPSA) is 66.5 Å². The van der Waals surface area contributed by atoms with Crippen LogP contribution in [0.25, 0.3) is 0 Å². The third-order valence-corrected chi connectivity index (χ3v) is 7.48. The fourth-order valence-electron chi connectivity index (χ4n) is 2.14. The van der Waals surface area contributed by atoms with Gasteiger partial charge in [0.25, 0.3) is 0 Å². The van der Waals surface area contributed by atoms with E-state index in [0.29, 0.717) is 21.5 Å². The molecule has 0 spiro atoms. The van der Waals surface area contributed by atoms with E-state index in [1.165, 1.54) is 38.0 Å². The van der Waals surface area contributed by atoms with Crippen LogP contribution in [0.4, 0.5) is 5.69 Å². The number of hydrogen-bond donors (Lipinski definition) is 1. The molecular weight excluding hydrogens is 427 g/mol. The molecule has 9 heteroatoms. The first-order valence-corrected chi connectivity index (χ1v) is 11.3. The van der Waals surface area contributed by atoms with Crippen molar-refractivity contribution in [1.29, 1.82) is 0 Å². The van der Waals surface area contributed by atoms with Crippen LogP contribution in [0, 0.1) is 0 Å². The largest absolute Gasteiger partial charge is 0.325 e. The summed E-state index contributed by atoms with van der Waals surface area (Å²) in [7, 11) is -0.649. The summed E-state index contributed by atoms with van der Waals surface area (Å²) in [6.07, 6.45) is 0. The van der Waals surface area contributed by atoms with Gasteiger partial charge in [-0.05, 0) is 42.8 Å². The smallest absolute Gasteiger partial charge is 0.242 e. The molecule has 1 unspecified atom stereocenters. The van der Waals surface area contributed by atoms with Gasteiger partial charge in [-0.25, -0.2) is 12.7 Å². The molecule has 0 aliphatic heterocycles. The van der Waals surface area contributed by atoms with Gasteiger partial charge in [0, 0.05) is 35.6 Å². The van der Waals surface area contributed by atoms with Crippen LogP contribution in [0.1, 0.15) is 12.5 Å². The first-order chi connectivity index (χ1) is 12.6. The van der Waals surface area contributed by atoms with E-state index in [0.717, 1.165) is 9.87 Å². The molecule has 2 aromatic rings. The molecule has 5 nitrogen and oxygen atoms in total. The monoisotopic (exact) mass is 446 g/mol. The molecule has 0 saturated carbocycles. The van der Waals surface area contributed by atoms with Crippen LogP contribution in [0.15, 0.2) is 47.4 Å². The third kappa shape index (κ3) is 5.62. The fourth-order valence-corrected chi connectivity index (χ4v) is 4.72. The lowest BCUT2D eigenvalue weighted by atomic mass is 10.2. The molecule has 0 aliphatic rings. The maximum atomic E-state index is 12.4. The number of anilines is 1. The van der Waals surface area contributed by atoms with E-state index in [9.17, 15) is 13.2 Å². The summed E-state index contributed by atoms with van der Waals surface area (Å²) in [5.41, 5.74) is 1.20. The fraction of sp³-hybridized carbons (Fsp3) is 0.278. The number of sulfonamides is 1. The Morgan fingerprint density at radius 1 is 1.15 bits per heavy atom. The lowest BCUT2D eigenvalue weighted by Gasteiger charge is -2.15. The zero-order chi connectivity index (χ0) is 20.2. The van der Waals surface area contributed by atoms with E-state index in [1.54, 1.807) is 37.3 Å². The summed E-state index contributed by atoms with van der Waals surface area (Å²) in [6, 6.07) is 11.4. The minimum absolute atomic E-state index is 0.119. The van der Waals surface area contributed by atoms with E-state index in [-0.39, 0.29) is 16.1 Å². The standard InChI is InChI=1S/C18H20Cl2N2O3S2/c1-12(26-11-15-16(19)8-5-9-17(15)20)18(23)21-13-6-4-7-14(10-13)27(24,25)22(2)3/h4-10,12H,11H2,1-3H3,(H,21,23). The van der Waals surface area contributed by atoms with Gasteiger partial charge < -0.3 is 5.32 Å². The number of carbonyl (C=O) groups is 1. The van der Waals surface area contributed by atoms with Gasteiger partial charge in [0.15, 0.2) is 0 Å². The van der Waals surface area contributed by atoms with Gasteiger partial charge in [-0.15, -0.1) is 11.8 Å². The number of rotatable bonds is 7. The number of thioether (sulfide) groups is 1. The highest BCUT2D eigenvalue weighted by Gasteiger charge is 2.19. The number of carbonyl (C=O) groups excluding carboxylic acids is 1. The SMILES string of the molecule is CC(SCc1c(Cl)cccc1Cl)C(=O)Nc1cccc(S(=O)(=O)N(C)C)c1.